The van der Waals surface area contributed by atoms with Gasteiger partial charge in [-0.2, -0.15) is 25.3 Å². The Bertz CT molecular complexity index is 837. The number of thioether (sulfide) groups is 1. The highest BCUT2D eigenvalue weighted by atomic mass is 32.2. The number of aliphatic hydroxyl groups excluding tert-OH is 1. The molecule has 2 aliphatic heterocycles. The van der Waals surface area contributed by atoms with Crippen LogP contribution in [-0.2, 0) is 13.0 Å². The Hall–Kier alpha value is -1.67. The van der Waals surface area contributed by atoms with E-state index in [0.29, 0.717) is 18.3 Å². The van der Waals surface area contributed by atoms with Gasteiger partial charge in [0.2, 0.25) is 0 Å². The van der Waals surface area contributed by atoms with Crippen molar-refractivity contribution >= 4 is 31.3 Å². The van der Waals surface area contributed by atoms with E-state index in [-0.39, 0.29) is 26.1 Å². The summed E-state index contributed by atoms with van der Waals surface area (Å²) in [6, 6.07) is 18.9. The first-order valence-corrected chi connectivity index (χ1v) is 11.9. The van der Waals surface area contributed by atoms with Crippen molar-refractivity contribution in [1.29, 1.82) is 0 Å². The quantitative estimate of drug-likeness (QED) is 0.720. The van der Waals surface area contributed by atoms with Crippen molar-refractivity contribution in [2.24, 2.45) is 0 Å². The van der Waals surface area contributed by atoms with Crippen molar-refractivity contribution in [2.45, 2.75) is 30.7 Å². The lowest BCUT2D eigenvalue weighted by Gasteiger charge is -2.31. The average Bonchev–Trinajstić information content (AvgIpc) is 3.04. The second-order valence-corrected chi connectivity index (χ2v) is 9.47. The fraction of sp³-hybridized carbons (Fsp3) is 0.458. The van der Waals surface area contributed by atoms with Crippen molar-refractivity contribution in [3.05, 3.63) is 71.3 Å². The van der Waals surface area contributed by atoms with Gasteiger partial charge in [-0.3, -0.25) is 4.90 Å². The molecule has 0 radical (unpaired) electrons. The summed E-state index contributed by atoms with van der Waals surface area (Å²) in [5, 5.41) is 13.8. The molecule has 0 aromatic heterocycles. The molecule has 0 saturated carbocycles. The minimum absolute atomic E-state index is 0. The van der Waals surface area contributed by atoms with Crippen LogP contribution in [0.4, 0.5) is 4.79 Å². The maximum Gasteiger partial charge on any atom is 0.317 e. The normalized spacial score (nSPS) is 20.2. The largest absolute Gasteiger partial charge is 0.390 e. The summed E-state index contributed by atoms with van der Waals surface area (Å²) in [5.74, 6) is 1.06. The second kappa shape index (κ2) is 11.8. The summed E-state index contributed by atoms with van der Waals surface area (Å²) in [7, 11) is 0. The van der Waals surface area contributed by atoms with Gasteiger partial charge in [0.05, 0.1) is 6.10 Å². The Morgan fingerprint density at radius 3 is 2.65 bits per heavy atom. The summed E-state index contributed by atoms with van der Waals surface area (Å²) in [5.41, 5.74) is 4.02. The molecular weight excluding hydrogens is 426 g/mol. The molecule has 2 aromatic rings. The van der Waals surface area contributed by atoms with Gasteiger partial charge in [-0.1, -0.05) is 54.6 Å². The van der Waals surface area contributed by atoms with Crippen molar-refractivity contribution < 1.29 is 9.90 Å². The number of amides is 2. The maximum absolute atomic E-state index is 12.8. The van der Waals surface area contributed by atoms with Gasteiger partial charge in [0, 0.05) is 44.5 Å². The summed E-state index contributed by atoms with van der Waals surface area (Å²) < 4.78 is 0. The van der Waals surface area contributed by atoms with E-state index in [0.717, 1.165) is 38.2 Å². The molecule has 7 heteroatoms. The van der Waals surface area contributed by atoms with Crippen molar-refractivity contribution in [1.82, 2.24) is 15.1 Å². The molecule has 4 rings (SSSR count). The predicted octanol–water partition coefficient (Wildman–Crippen LogP) is 3.41. The molecule has 168 valence electrons. The first-order valence-electron chi connectivity index (χ1n) is 10.9. The number of urea groups is 1. The minimum atomic E-state index is -0.564. The zero-order chi connectivity index (χ0) is 20.8. The Labute approximate surface area is 196 Å². The van der Waals surface area contributed by atoms with Gasteiger partial charge in [-0.15, -0.1) is 0 Å². The molecule has 5 nitrogen and oxygen atoms in total. The van der Waals surface area contributed by atoms with Gasteiger partial charge < -0.3 is 15.3 Å². The molecule has 1 saturated heterocycles. The maximum atomic E-state index is 12.8. The number of nitrogens with zero attached hydrogens (tertiary/aromatic N) is 2. The lowest BCUT2D eigenvalue weighted by atomic mass is 10.00. The molecule has 2 aromatic carbocycles. The van der Waals surface area contributed by atoms with Crippen LogP contribution in [0.25, 0.3) is 0 Å². The SMILES string of the molecule is O=C(NC[C@H](O)CN1CCc2ccccc2C1)N1CCCSC(c2ccccc2)C1.S. The van der Waals surface area contributed by atoms with Crippen LogP contribution >= 0.6 is 25.3 Å². The molecular formula is C24H33N3O2S2. The van der Waals surface area contributed by atoms with Crippen LogP contribution in [0.5, 0.6) is 0 Å². The molecule has 2 heterocycles. The van der Waals surface area contributed by atoms with Crippen LogP contribution in [-0.4, -0.2) is 65.5 Å². The third-order valence-electron chi connectivity index (χ3n) is 5.90. The number of β-amino-alcohol motifs (C(OH)–C–C–N with tert-alkyl or cyclic N) is 1. The van der Waals surface area contributed by atoms with E-state index < -0.39 is 6.10 Å². The molecule has 31 heavy (non-hydrogen) atoms. The predicted molar refractivity (Wildman–Crippen MR) is 133 cm³/mol. The molecule has 0 aliphatic carbocycles. The Morgan fingerprint density at radius 1 is 1.10 bits per heavy atom. The lowest BCUT2D eigenvalue weighted by Crippen LogP contribution is -2.46. The van der Waals surface area contributed by atoms with E-state index in [1.54, 1.807) is 0 Å². The van der Waals surface area contributed by atoms with Gasteiger partial charge in [-0.05, 0) is 35.3 Å². The fourth-order valence-electron chi connectivity index (χ4n) is 4.27. The number of aliphatic hydroxyl groups is 1. The van der Waals surface area contributed by atoms with Gasteiger partial charge in [0.15, 0.2) is 0 Å². The van der Waals surface area contributed by atoms with Crippen LogP contribution in [0, 0.1) is 0 Å². The Kier molecular flexibility index (Phi) is 9.14. The third-order valence-corrected chi connectivity index (χ3v) is 7.25. The summed E-state index contributed by atoms with van der Waals surface area (Å²) in [6.45, 7) is 4.15. The number of carbonyl (C=O) groups is 1. The van der Waals surface area contributed by atoms with Crippen molar-refractivity contribution in [3.63, 3.8) is 0 Å². The Balaban J connectivity index is 0.00000272. The fourth-order valence-corrected chi connectivity index (χ4v) is 5.48. The molecule has 2 amide bonds. The standard InChI is InChI=1S/C24H31N3O2S.H2S/c28-22(17-26-13-11-19-7-4-5-10-21(19)16-26)15-25-24(29)27-12-6-14-30-23(18-27)20-8-2-1-3-9-20;/h1-5,7-10,22-23,28H,6,11-18H2,(H,25,29);1H2/t22-,23?;/m0./s1. The average molecular weight is 460 g/mol. The van der Waals surface area contributed by atoms with Crippen molar-refractivity contribution in [2.75, 3.05) is 38.5 Å². The number of carbonyl (C=O) groups excluding carboxylic acids is 1. The van der Waals surface area contributed by atoms with Crippen molar-refractivity contribution in [3.8, 4) is 0 Å². The molecule has 2 aliphatic rings. The molecule has 0 bridgehead atoms. The van der Waals surface area contributed by atoms with E-state index in [1.165, 1.54) is 16.7 Å². The number of rotatable bonds is 5. The number of benzene rings is 2. The molecule has 0 spiro atoms. The summed E-state index contributed by atoms with van der Waals surface area (Å²) >= 11 is 1.92. The molecule has 1 unspecified atom stereocenters. The zero-order valence-electron chi connectivity index (χ0n) is 17.9. The number of fused-ring (bicyclic) bond motifs is 1. The first kappa shape index (κ1) is 24.0. The topological polar surface area (TPSA) is 55.8 Å². The highest BCUT2D eigenvalue weighted by Gasteiger charge is 2.24. The summed E-state index contributed by atoms with van der Waals surface area (Å²) in [6.07, 6.45) is 1.45. The van der Waals surface area contributed by atoms with E-state index in [9.17, 15) is 9.90 Å². The first-order chi connectivity index (χ1) is 14.7. The number of nitrogens with one attached hydrogen (secondary N) is 1. The van der Waals surface area contributed by atoms with Crippen LogP contribution in [0.3, 0.4) is 0 Å². The smallest absolute Gasteiger partial charge is 0.317 e. The van der Waals surface area contributed by atoms with Crippen LogP contribution in [0.2, 0.25) is 0 Å². The van der Waals surface area contributed by atoms with Gasteiger partial charge in [0.1, 0.15) is 0 Å². The van der Waals surface area contributed by atoms with Crippen LogP contribution in [0.15, 0.2) is 54.6 Å². The van der Waals surface area contributed by atoms with E-state index in [1.807, 2.05) is 22.7 Å². The molecule has 2 N–H and O–H groups in total. The van der Waals surface area contributed by atoms with E-state index in [2.05, 4.69) is 58.7 Å². The van der Waals surface area contributed by atoms with Gasteiger partial charge in [-0.25, -0.2) is 4.79 Å². The lowest BCUT2D eigenvalue weighted by molar-refractivity contribution is 0.103. The molecule has 2 atom stereocenters. The molecule has 1 fully saturated rings. The highest BCUT2D eigenvalue weighted by Crippen LogP contribution is 2.32. The number of hydrogen-bond acceptors (Lipinski definition) is 4. The van der Waals surface area contributed by atoms with Crippen LogP contribution < -0.4 is 5.32 Å². The van der Waals surface area contributed by atoms with Gasteiger partial charge >= 0.3 is 6.03 Å². The second-order valence-electron chi connectivity index (χ2n) is 8.16. The minimum Gasteiger partial charge on any atom is -0.390 e. The highest BCUT2D eigenvalue weighted by molar-refractivity contribution is 7.99. The monoisotopic (exact) mass is 459 g/mol. The van der Waals surface area contributed by atoms with Gasteiger partial charge in [0.25, 0.3) is 0 Å². The van der Waals surface area contributed by atoms with E-state index in [4.69, 9.17) is 0 Å². The number of hydrogen-bond donors (Lipinski definition) is 2. The third kappa shape index (κ3) is 6.65. The zero-order valence-corrected chi connectivity index (χ0v) is 19.7. The van der Waals surface area contributed by atoms with E-state index >= 15 is 0 Å². The summed E-state index contributed by atoms with van der Waals surface area (Å²) in [4.78, 5) is 16.9. The van der Waals surface area contributed by atoms with Crippen LogP contribution in [0.1, 0.15) is 28.4 Å². The Morgan fingerprint density at radius 2 is 1.84 bits per heavy atom.